The lowest BCUT2D eigenvalue weighted by molar-refractivity contribution is 0.537. The third kappa shape index (κ3) is 1.14. The second-order valence-electron chi connectivity index (χ2n) is 1.87. The van der Waals surface area contributed by atoms with Crippen LogP contribution in [-0.2, 0) is 0 Å². The molecule has 1 fully saturated rings. The van der Waals surface area contributed by atoms with E-state index in [0.29, 0.717) is 6.17 Å². The Morgan fingerprint density at radius 1 is 1.43 bits per heavy atom. The van der Waals surface area contributed by atoms with Gasteiger partial charge in [-0.05, 0) is 6.42 Å². The number of hydrogen-bond acceptors (Lipinski definition) is 2. The van der Waals surface area contributed by atoms with Crippen LogP contribution in [0.4, 0.5) is 0 Å². The number of nitrogens with one attached hydrogen (secondary N) is 2. The molecular formula is C5H12N2. The maximum absolute atomic E-state index is 3.30. The molecule has 1 heterocycles. The third-order valence-corrected chi connectivity index (χ3v) is 1.31. The van der Waals surface area contributed by atoms with E-state index < -0.39 is 0 Å². The van der Waals surface area contributed by atoms with E-state index in [2.05, 4.69) is 17.6 Å². The molecule has 0 aromatic carbocycles. The largest absolute Gasteiger partial charge is 0.301 e. The molecule has 1 rings (SSSR count). The Morgan fingerprint density at radius 2 is 2.00 bits per heavy atom. The highest BCUT2D eigenvalue weighted by Gasteiger charge is 2.07. The Bertz CT molecular complexity index is 48.0. The zero-order valence-corrected chi connectivity index (χ0v) is 4.70. The molecule has 0 spiro atoms. The SMILES string of the molecule is CCC1NCCN1. The average molecular weight is 100 g/mol. The van der Waals surface area contributed by atoms with Crippen LogP contribution in [0.1, 0.15) is 13.3 Å². The summed E-state index contributed by atoms with van der Waals surface area (Å²) in [6.45, 7) is 4.45. The zero-order chi connectivity index (χ0) is 5.11. The molecule has 0 saturated carbocycles. The van der Waals surface area contributed by atoms with Crippen molar-refractivity contribution in [3.63, 3.8) is 0 Å². The summed E-state index contributed by atoms with van der Waals surface area (Å²) in [5, 5.41) is 6.59. The maximum atomic E-state index is 3.30. The summed E-state index contributed by atoms with van der Waals surface area (Å²) in [5.41, 5.74) is 0. The lowest BCUT2D eigenvalue weighted by Crippen LogP contribution is -2.29. The van der Waals surface area contributed by atoms with Crippen LogP contribution in [0.25, 0.3) is 0 Å². The molecular weight excluding hydrogens is 88.1 g/mol. The standard InChI is InChI=1S/C5H12N2/c1-2-5-6-3-4-7-5/h5-7H,2-4H2,1H3. The van der Waals surface area contributed by atoms with Gasteiger partial charge in [-0.25, -0.2) is 0 Å². The van der Waals surface area contributed by atoms with E-state index in [1.165, 1.54) is 6.42 Å². The van der Waals surface area contributed by atoms with Crippen molar-refractivity contribution < 1.29 is 0 Å². The molecule has 0 bridgehead atoms. The highest BCUT2D eigenvalue weighted by atomic mass is 15.2. The van der Waals surface area contributed by atoms with Crippen LogP contribution in [0, 0.1) is 0 Å². The van der Waals surface area contributed by atoms with Gasteiger partial charge in [0.1, 0.15) is 0 Å². The van der Waals surface area contributed by atoms with Crippen LogP contribution >= 0.6 is 0 Å². The van der Waals surface area contributed by atoms with Crippen molar-refractivity contribution in [3.8, 4) is 0 Å². The summed E-state index contributed by atoms with van der Waals surface area (Å²) in [6, 6.07) is 0. The highest BCUT2D eigenvalue weighted by molar-refractivity contribution is 4.69. The van der Waals surface area contributed by atoms with Crippen molar-refractivity contribution in [2.45, 2.75) is 19.5 Å². The monoisotopic (exact) mass is 100 g/mol. The minimum atomic E-state index is 0.597. The van der Waals surface area contributed by atoms with E-state index in [0.717, 1.165) is 13.1 Å². The van der Waals surface area contributed by atoms with Gasteiger partial charge in [-0.15, -0.1) is 0 Å². The van der Waals surface area contributed by atoms with Crippen molar-refractivity contribution in [3.05, 3.63) is 0 Å². The molecule has 1 aliphatic rings. The predicted molar refractivity (Wildman–Crippen MR) is 30.1 cm³/mol. The average Bonchev–Trinajstić information content (AvgIpc) is 2.14. The molecule has 0 radical (unpaired) electrons. The topological polar surface area (TPSA) is 24.1 Å². The predicted octanol–water partition coefficient (Wildman–Crippen LogP) is -0.0847. The van der Waals surface area contributed by atoms with Gasteiger partial charge in [-0.3, -0.25) is 0 Å². The Hall–Kier alpha value is -0.0800. The van der Waals surface area contributed by atoms with Gasteiger partial charge in [0.2, 0.25) is 0 Å². The van der Waals surface area contributed by atoms with Crippen LogP contribution in [0.2, 0.25) is 0 Å². The minimum absolute atomic E-state index is 0.597. The smallest absolute Gasteiger partial charge is 0.0569 e. The van der Waals surface area contributed by atoms with Gasteiger partial charge in [0.15, 0.2) is 0 Å². The molecule has 1 saturated heterocycles. The van der Waals surface area contributed by atoms with E-state index in [1.54, 1.807) is 0 Å². The first kappa shape index (κ1) is 5.06. The van der Waals surface area contributed by atoms with Gasteiger partial charge < -0.3 is 10.6 Å². The molecule has 2 heteroatoms. The van der Waals surface area contributed by atoms with Gasteiger partial charge in [0, 0.05) is 13.1 Å². The molecule has 2 nitrogen and oxygen atoms in total. The zero-order valence-electron chi connectivity index (χ0n) is 4.70. The Balaban J connectivity index is 2.14. The summed E-state index contributed by atoms with van der Waals surface area (Å²) < 4.78 is 0. The second-order valence-corrected chi connectivity index (χ2v) is 1.87. The number of hydrogen-bond donors (Lipinski definition) is 2. The molecule has 0 amide bonds. The van der Waals surface area contributed by atoms with Gasteiger partial charge in [-0.1, -0.05) is 6.92 Å². The number of rotatable bonds is 1. The summed E-state index contributed by atoms with van der Waals surface area (Å²) >= 11 is 0. The summed E-state index contributed by atoms with van der Waals surface area (Å²) in [4.78, 5) is 0. The van der Waals surface area contributed by atoms with E-state index in [-0.39, 0.29) is 0 Å². The molecule has 2 N–H and O–H groups in total. The van der Waals surface area contributed by atoms with Crippen LogP contribution in [0.5, 0.6) is 0 Å². The Kier molecular flexibility index (Phi) is 1.65. The van der Waals surface area contributed by atoms with Crippen LogP contribution in [0.3, 0.4) is 0 Å². The molecule has 0 aromatic heterocycles. The Morgan fingerprint density at radius 3 is 2.29 bits per heavy atom. The first-order chi connectivity index (χ1) is 3.43. The van der Waals surface area contributed by atoms with E-state index in [9.17, 15) is 0 Å². The molecule has 7 heavy (non-hydrogen) atoms. The molecule has 42 valence electrons. The molecule has 0 unspecified atom stereocenters. The maximum Gasteiger partial charge on any atom is 0.0569 e. The molecule has 1 aliphatic heterocycles. The molecule has 0 atom stereocenters. The fraction of sp³-hybridized carbons (Fsp3) is 1.00. The molecule has 0 aromatic rings. The first-order valence-electron chi connectivity index (χ1n) is 2.90. The van der Waals surface area contributed by atoms with Crippen molar-refractivity contribution in [2.24, 2.45) is 0 Å². The highest BCUT2D eigenvalue weighted by Crippen LogP contribution is 1.88. The van der Waals surface area contributed by atoms with Gasteiger partial charge in [-0.2, -0.15) is 0 Å². The van der Waals surface area contributed by atoms with E-state index in [1.807, 2.05) is 0 Å². The van der Waals surface area contributed by atoms with Crippen molar-refractivity contribution in [2.75, 3.05) is 13.1 Å². The minimum Gasteiger partial charge on any atom is -0.301 e. The van der Waals surface area contributed by atoms with Crippen molar-refractivity contribution in [1.29, 1.82) is 0 Å². The summed E-state index contributed by atoms with van der Waals surface area (Å²) in [7, 11) is 0. The van der Waals surface area contributed by atoms with Gasteiger partial charge in [0.05, 0.1) is 6.17 Å². The van der Waals surface area contributed by atoms with Gasteiger partial charge >= 0.3 is 0 Å². The van der Waals surface area contributed by atoms with Crippen LogP contribution in [0.15, 0.2) is 0 Å². The van der Waals surface area contributed by atoms with Crippen LogP contribution in [-0.4, -0.2) is 19.3 Å². The molecule has 0 aliphatic carbocycles. The Labute approximate surface area is 44.3 Å². The van der Waals surface area contributed by atoms with Crippen LogP contribution < -0.4 is 10.6 Å². The lowest BCUT2D eigenvalue weighted by atomic mass is 10.4. The quantitative estimate of drug-likeness (QED) is 0.481. The van der Waals surface area contributed by atoms with Crippen molar-refractivity contribution in [1.82, 2.24) is 10.6 Å². The normalized spacial score (nSPS) is 23.6. The lowest BCUT2D eigenvalue weighted by Gasteiger charge is -2.03. The fourth-order valence-corrected chi connectivity index (χ4v) is 0.854. The van der Waals surface area contributed by atoms with E-state index >= 15 is 0 Å². The van der Waals surface area contributed by atoms with Crippen molar-refractivity contribution >= 4 is 0 Å². The fourth-order valence-electron chi connectivity index (χ4n) is 0.854. The van der Waals surface area contributed by atoms with Gasteiger partial charge in [0.25, 0.3) is 0 Å². The summed E-state index contributed by atoms with van der Waals surface area (Å²) in [5.74, 6) is 0. The van der Waals surface area contributed by atoms with E-state index in [4.69, 9.17) is 0 Å². The second kappa shape index (κ2) is 2.28. The third-order valence-electron chi connectivity index (χ3n) is 1.31. The first-order valence-corrected chi connectivity index (χ1v) is 2.90. The summed E-state index contributed by atoms with van der Waals surface area (Å²) in [6.07, 6.45) is 1.79.